The molecule has 6 nitrogen and oxygen atoms in total. The maximum Gasteiger partial charge on any atom is 0.246 e. The minimum Gasteiger partial charge on any atom is -0.342 e. The van der Waals surface area contributed by atoms with Crippen molar-refractivity contribution < 1.29 is 13.8 Å². The van der Waals surface area contributed by atoms with Crippen molar-refractivity contribution in [2.75, 3.05) is 18.8 Å². The van der Waals surface area contributed by atoms with Gasteiger partial charge >= 0.3 is 0 Å². The maximum absolute atomic E-state index is 13.5. The first-order valence-corrected chi connectivity index (χ1v) is 12.9. The standard InChI is InChI=1S/C26H33N3O3S/c1-25(2,27)24(31)28-22(18-33(32)20-9-4-3-5-10-20)23(30)29-16-14-26(15-17-29)13-12-19-8-6-7-11-21(19)26/h3-11,22H,12-18,27H2,1-2H3,(H,28,31)/t22-,33-/m0/s1. The molecular formula is C26H33N3O3S. The molecule has 0 aromatic heterocycles. The van der Waals surface area contributed by atoms with Gasteiger partial charge in [0.15, 0.2) is 0 Å². The van der Waals surface area contributed by atoms with Crippen molar-refractivity contribution in [3.8, 4) is 0 Å². The zero-order valence-corrected chi connectivity index (χ0v) is 20.2. The molecular weight excluding hydrogens is 434 g/mol. The van der Waals surface area contributed by atoms with E-state index in [-0.39, 0.29) is 17.1 Å². The second-order valence-corrected chi connectivity index (χ2v) is 11.3. The van der Waals surface area contributed by atoms with Crippen molar-refractivity contribution in [1.29, 1.82) is 0 Å². The normalized spacial score (nSPS) is 19.1. The lowest BCUT2D eigenvalue weighted by molar-refractivity contribution is -0.138. The lowest BCUT2D eigenvalue weighted by atomic mass is 9.74. The molecule has 0 radical (unpaired) electrons. The molecule has 1 saturated heterocycles. The van der Waals surface area contributed by atoms with Crippen LogP contribution in [-0.2, 0) is 32.2 Å². The molecule has 176 valence electrons. The highest BCUT2D eigenvalue weighted by atomic mass is 32.2. The third-order valence-corrected chi connectivity index (χ3v) is 8.44. The topological polar surface area (TPSA) is 92.5 Å². The molecule has 33 heavy (non-hydrogen) atoms. The number of hydrogen-bond donors (Lipinski definition) is 2. The van der Waals surface area contributed by atoms with Gasteiger partial charge in [-0.15, -0.1) is 0 Å². The van der Waals surface area contributed by atoms with Gasteiger partial charge in [-0.3, -0.25) is 13.8 Å². The summed E-state index contributed by atoms with van der Waals surface area (Å²) in [6.07, 6.45) is 4.01. The summed E-state index contributed by atoms with van der Waals surface area (Å²) in [6.45, 7) is 4.45. The number of likely N-dealkylation sites (tertiary alicyclic amines) is 1. The quantitative estimate of drug-likeness (QED) is 0.683. The smallest absolute Gasteiger partial charge is 0.246 e. The number of carbonyl (C=O) groups is 2. The first kappa shape index (κ1) is 23.6. The third-order valence-electron chi connectivity index (χ3n) is 7.01. The van der Waals surface area contributed by atoms with E-state index >= 15 is 0 Å². The molecule has 2 amide bonds. The number of benzene rings is 2. The molecule has 7 heteroatoms. The van der Waals surface area contributed by atoms with E-state index in [9.17, 15) is 13.8 Å². The number of nitrogens with zero attached hydrogens (tertiary/aromatic N) is 1. The maximum atomic E-state index is 13.5. The molecule has 0 saturated carbocycles. The van der Waals surface area contributed by atoms with Crippen LogP contribution in [0.3, 0.4) is 0 Å². The molecule has 2 aromatic carbocycles. The fourth-order valence-electron chi connectivity index (χ4n) is 5.00. The van der Waals surface area contributed by atoms with Gasteiger partial charge in [0.25, 0.3) is 0 Å². The van der Waals surface area contributed by atoms with Gasteiger partial charge in [-0.05, 0) is 68.2 Å². The zero-order valence-electron chi connectivity index (χ0n) is 19.4. The van der Waals surface area contributed by atoms with Gasteiger partial charge in [0.1, 0.15) is 6.04 Å². The largest absolute Gasteiger partial charge is 0.342 e. The van der Waals surface area contributed by atoms with Crippen LogP contribution in [0.2, 0.25) is 0 Å². The van der Waals surface area contributed by atoms with E-state index in [1.165, 1.54) is 11.1 Å². The van der Waals surface area contributed by atoms with E-state index in [0.29, 0.717) is 18.0 Å². The Balaban J connectivity index is 1.48. The lowest BCUT2D eigenvalue weighted by Gasteiger charge is -2.41. The Labute approximate surface area is 198 Å². The van der Waals surface area contributed by atoms with Gasteiger partial charge in [0, 0.05) is 18.0 Å². The Morgan fingerprint density at radius 3 is 2.36 bits per heavy atom. The molecule has 0 bridgehead atoms. The fraction of sp³-hybridized carbons (Fsp3) is 0.462. The van der Waals surface area contributed by atoms with Crippen molar-refractivity contribution >= 4 is 22.6 Å². The third kappa shape index (κ3) is 5.04. The summed E-state index contributed by atoms with van der Waals surface area (Å²) in [5, 5.41) is 2.78. The van der Waals surface area contributed by atoms with Crippen molar-refractivity contribution in [3.63, 3.8) is 0 Å². The van der Waals surface area contributed by atoms with E-state index in [4.69, 9.17) is 5.73 Å². The van der Waals surface area contributed by atoms with Crippen LogP contribution < -0.4 is 11.1 Å². The van der Waals surface area contributed by atoms with Gasteiger partial charge < -0.3 is 16.0 Å². The van der Waals surface area contributed by atoms with E-state index in [1.54, 1.807) is 26.0 Å². The molecule has 1 fully saturated rings. The predicted octanol–water partition coefficient (Wildman–Crippen LogP) is 2.52. The number of nitrogens with two attached hydrogens (primary N) is 1. The predicted molar refractivity (Wildman–Crippen MR) is 130 cm³/mol. The molecule has 1 heterocycles. The van der Waals surface area contributed by atoms with E-state index < -0.39 is 28.3 Å². The second-order valence-electron chi connectivity index (χ2n) is 9.84. The Morgan fingerprint density at radius 1 is 1.06 bits per heavy atom. The molecule has 4 rings (SSSR count). The number of rotatable bonds is 6. The molecule has 1 aliphatic carbocycles. The highest BCUT2D eigenvalue weighted by Crippen LogP contribution is 2.46. The number of carbonyl (C=O) groups excluding carboxylic acids is 2. The Morgan fingerprint density at radius 2 is 1.70 bits per heavy atom. The van der Waals surface area contributed by atoms with Crippen molar-refractivity contribution in [2.45, 2.75) is 61.4 Å². The Kier molecular flexibility index (Phi) is 6.73. The molecule has 2 atom stereocenters. The van der Waals surface area contributed by atoms with Crippen LogP contribution in [0.15, 0.2) is 59.5 Å². The van der Waals surface area contributed by atoms with Gasteiger partial charge in [-0.2, -0.15) is 0 Å². The Hall–Kier alpha value is -2.51. The summed E-state index contributed by atoms with van der Waals surface area (Å²) < 4.78 is 13.0. The molecule has 1 spiro atoms. The highest BCUT2D eigenvalue weighted by Gasteiger charge is 2.43. The summed E-state index contributed by atoms with van der Waals surface area (Å²) >= 11 is 0. The number of piperidine rings is 1. The number of hydrogen-bond acceptors (Lipinski definition) is 4. The number of amides is 2. The van der Waals surface area contributed by atoms with Crippen LogP contribution in [0.1, 0.15) is 44.2 Å². The summed E-state index contributed by atoms with van der Waals surface area (Å²) in [4.78, 5) is 28.6. The van der Waals surface area contributed by atoms with Crippen LogP contribution in [-0.4, -0.2) is 51.3 Å². The molecule has 0 unspecified atom stereocenters. The van der Waals surface area contributed by atoms with Crippen LogP contribution in [0.25, 0.3) is 0 Å². The average molecular weight is 468 g/mol. The van der Waals surface area contributed by atoms with Gasteiger partial charge in [-0.25, -0.2) is 0 Å². The van der Waals surface area contributed by atoms with Gasteiger partial charge in [0.2, 0.25) is 11.8 Å². The number of nitrogens with one attached hydrogen (secondary N) is 1. The zero-order chi connectivity index (χ0) is 23.6. The molecule has 3 N–H and O–H groups in total. The molecule has 2 aliphatic rings. The second kappa shape index (κ2) is 9.39. The van der Waals surface area contributed by atoms with Gasteiger partial charge in [0.05, 0.1) is 22.1 Å². The van der Waals surface area contributed by atoms with Crippen LogP contribution >= 0.6 is 0 Å². The van der Waals surface area contributed by atoms with Crippen molar-refractivity contribution in [3.05, 3.63) is 65.7 Å². The summed E-state index contributed by atoms with van der Waals surface area (Å²) in [6, 6.07) is 16.8. The van der Waals surface area contributed by atoms with Gasteiger partial charge in [-0.1, -0.05) is 42.5 Å². The summed E-state index contributed by atoms with van der Waals surface area (Å²) in [5.74, 6) is -0.586. The monoisotopic (exact) mass is 467 g/mol. The number of fused-ring (bicyclic) bond motifs is 2. The average Bonchev–Trinajstić information content (AvgIpc) is 3.16. The van der Waals surface area contributed by atoms with E-state index in [0.717, 1.165) is 25.7 Å². The van der Waals surface area contributed by atoms with Crippen LogP contribution in [0.4, 0.5) is 0 Å². The SMILES string of the molecule is CC(C)(N)C(=O)N[C@@H](C[S@](=O)c1ccccc1)C(=O)N1CCC2(CCc3ccccc32)CC1. The molecule has 1 aliphatic heterocycles. The fourth-order valence-corrected chi connectivity index (χ4v) is 6.18. The van der Waals surface area contributed by atoms with Crippen molar-refractivity contribution in [2.24, 2.45) is 5.73 Å². The van der Waals surface area contributed by atoms with Crippen LogP contribution in [0.5, 0.6) is 0 Å². The minimum atomic E-state index is -1.42. The van der Waals surface area contributed by atoms with Crippen molar-refractivity contribution in [1.82, 2.24) is 10.2 Å². The summed E-state index contributed by atoms with van der Waals surface area (Å²) in [5.41, 5.74) is 7.81. The first-order chi connectivity index (χ1) is 15.7. The van der Waals surface area contributed by atoms with E-state index in [2.05, 4.69) is 29.6 Å². The first-order valence-electron chi connectivity index (χ1n) is 11.6. The Bertz CT molecular complexity index is 1040. The lowest BCUT2D eigenvalue weighted by Crippen LogP contribution is -2.59. The van der Waals surface area contributed by atoms with Crippen LogP contribution in [0, 0.1) is 0 Å². The highest BCUT2D eigenvalue weighted by molar-refractivity contribution is 7.85. The molecule has 2 aromatic rings. The van der Waals surface area contributed by atoms with E-state index in [1.807, 2.05) is 23.1 Å². The number of aryl methyl sites for hydroxylation is 1. The summed E-state index contributed by atoms with van der Waals surface area (Å²) in [7, 11) is -1.42. The minimum absolute atomic E-state index is 0.0230.